The molecule has 0 bridgehead atoms. The number of nitrogens with two attached hydrogens (primary N) is 1. The van der Waals surface area contributed by atoms with E-state index in [2.05, 4.69) is 0 Å². The van der Waals surface area contributed by atoms with Gasteiger partial charge < -0.3 is 10.5 Å². The van der Waals surface area contributed by atoms with Gasteiger partial charge in [-0.05, 0) is 30.9 Å². The van der Waals surface area contributed by atoms with Gasteiger partial charge >= 0.3 is 0 Å². The van der Waals surface area contributed by atoms with Crippen molar-refractivity contribution in [2.24, 2.45) is 5.73 Å². The first-order valence-electron chi connectivity index (χ1n) is 5.48. The van der Waals surface area contributed by atoms with E-state index in [1.807, 2.05) is 0 Å². The molecule has 1 fully saturated rings. The number of benzene rings is 1. The molecule has 2 rings (SSSR count). The molecule has 2 atom stereocenters. The van der Waals surface area contributed by atoms with Crippen molar-refractivity contribution < 1.29 is 13.5 Å². The molecule has 0 spiro atoms. The molecule has 0 saturated carbocycles. The molecule has 0 radical (unpaired) electrons. The third-order valence-corrected chi connectivity index (χ3v) is 2.93. The van der Waals surface area contributed by atoms with E-state index >= 15 is 0 Å². The lowest BCUT2D eigenvalue weighted by atomic mass is 10.00. The van der Waals surface area contributed by atoms with Gasteiger partial charge in [0.2, 0.25) is 0 Å². The van der Waals surface area contributed by atoms with Gasteiger partial charge in [-0.15, -0.1) is 0 Å². The Morgan fingerprint density at radius 1 is 1.44 bits per heavy atom. The van der Waals surface area contributed by atoms with E-state index in [1.165, 1.54) is 6.07 Å². The molecule has 1 aromatic carbocycles. The molecular formula is C12H15F2NO. The highest BCUT2D eigenvalue weighted by atomic mass is 19.2. The maximum atomic E-state index is 13.4. The molecule has 1 heterocycles. The number of rotatable bonds is 3. The molecular weight excluding hydrogens is 212 g/mol. The molecule has 1 aliphatic heterocycles. The van der Waals surface area contributed by atoms with Crippen molar-refractivity contribution in [1.82, 2.24) is 0 Å². The summed E-state index contributed by atoms with van der Waals surface area (Å²) < 4.78 is 31.8. The lowest BCUT2D eigenvalue weighted by molar-refractivity contribution is 0.0897. The Balaban J connectivity index is 2.05. The van der Waals surface area contributed by atoms with E-state index in [0.717, 1.165) is 18.9 Å². The van der Waals surface area contributed by atoms with Crippen LogP contribution in [0.3, 0.4) is 0 Å². The number of halogens is 2. The minimum atomic E-state index is -0.822. The van der Waals surface area contributed by atoms with Crippen LogP contribution in [0, 0.1) is 11.6 Å². The summed E-state index contributed by atoms with van der Waals surface area (Å²) in [5, 5.41) is 0. The highest BCUT2D eigenvalue weighted by Gasteiger charge is 2.24. The lowest BCUT2D eigenvalue weighted by Crippen LogP contribution is -2.36. The summed E-state index contributed by atoms with van der Waals surface area (Å²) in [4.78, 5) is 0. The topological polar surface area (TPSA) is 35.2 Å². The zero-order valence-electron chi connectivity index (χ0n) is 8.96. The molecule has 0 amide bonds. The van der Waals surface area contributed by atoms with Crippen molar-refractivity contribution in [2.45, 2.75) is 31.4 Å². The second-order valence-corrected chi connectivity index (χ2v) is 4.13. The van der Waals surface area contributed by atoms with Crippen molar-refractivity contribution in [2.75, 3.05) is 6.61 Å². The molecule has 2 N–H and O–H groups in total. The van der Waals surface area contributed by atoms with Gasteiger partial charge in [0.05, 0.1) is 6.10 Å². The van der Waals surface area contributed by atoms with Gasteiger partial charge in [-0.25, -0.2) is 8.78 Å². The second-order valence-electron chi connectivity index (χ2n) is 4.13. The van der Waals surface area contributed by atoms with Crippen LogP contribution in [0.25, 0.3) is 0 Å². The number of ether oxygens (including phenoxy) is 1. The smallest absolute Gasteiger partial charge is 0.162 e. The van der Waals surface area contributed by atoms with Gasteiger partial charge in [0.15, 0.2) is 11.6 Å². The van der Waals surface area contributed by atoms with Crippen LogP contribution in [0.1, 0.15) is 18.4 Å². The van der Waals surface area contributed by atoms with Gasteiger partial charge in [-0.2, -0.15) is 0 Å². The van der Waals surface area contributed by atoms with Crippen molar-refractivity contribution in [3.8, 4) is 0 Å². The van der Waals surface area contributed by atoms with Crippen molar-refractivity contribution in [3.05, 3.63) is 35.4 Å². The average Bonchev–Trinajstić information content (AvgIpc) is 2.78. The first kappa shape index (κ1) is 11.5. The summed E-state index contributed by atoms with van der Waals surface area (Å²) in [5.74, 6) is -1.62. The molecule has 2 unspecified atom stereocenters. The van der Waals surface area contributed by atoms with Crippen LogP contribution >= 0.6 is 0 Å². The van der Waals surface area contributed by atoms with E-state index < -0.39 is 11.6 Å². The second kappa shape index (κ2) is 4.89. The van der Waals surface area contributed by atoms with Gasteiger partial charge in [0, 0.05) is 12.6 Å². The van der Waals surface area contributed by atoms with Crippen LogP contribution in [0.4, 0.5) is 8.78 Å². The molecule has 4 heteroatoms. The Labute approximate surface area is 93.4 Å². The molecule has 1 saturated heterocycles. The minimum absolute atomic E-state index is 0.0253. The number of hydrogen-bond acceptors (Lipinski definition) is 2. The van der Waals surface area contributed by atoms with Crippen LogP contribution in [0.2, 0.25) is 0 Å². The van der Waals surface area contributed by atoms with E-state index in [0.29, 0.717) is 18.6 Å². The summed E-state index contributed by atoms with van der Waals surface area (Å²) in [6.07, 6.45) is 2.18. The number of hydrogen-bond donors (Lipinski definition) is 1. The highest BCUT2D eigenvalue weighted by molar-refractivity contribution is 5.20. The van der Waals surface area contributed by atoms with Crippen molar-refractivity contribution in [3.63, 3.8) is 0 Å². The summed E-state index contributed by atoms with van der Waals surface area (Å²) in [7, 11) is 0. The standard InChI is InChI=1S/C12H15F2NO/c13-9-4-1-3-8(12(9)14)7-10(15)11-5-2-6-16-11/h1,3-4,10-11H,2,5-7,15H2. The van der Waals surface area contributed by atoms with Crippen LogP contribution in [0.15, 0.2) is 18.2 Å². The van der Waals surface area contributed by atoms with Crippen molar-refractivity contribution in [1.29, 1.82) is 0 Å². The van der Waals surface area contributed by atoms with Gasteiger partial charge in [0.25, 0.3) is 0 Å². The highest BCUT2D eigenvalue weighted by Crippen LogP contribution is 2.19. The predicted molar refractivity (Wildman–Crippen MR) is 57.0 cm³/mol. The zero-order chi connectivity index (χ0) is 11.5. The summed E-state index contributed by atoms with van der Waals surface area (Å²) >= 11 is 0. The fraction of sp³-hybridized carbons (Fsp3) is 0.500. The predicted octanol–water partition coefficient (Wildman–Crippen LogP) is 2.01. The van der Waals surface area contributed by atoms with Crippen LogP contribution in [-0.4, -0.2) is 18.8 Å². The monoisotopic (exact) mass is 227 g/mol. The molecule has 1 aliphatic rings. The van der Waals surface area contributed by atoms with E-state index in [4.69, 9.17) is 10.5 Å². The summed E-state index contributed by atoms with van der Waals surface area (Å²) in [5.41, 5.74) is 6.24. The third-order valence-electron chi connectivity index (χ3n) is 2.93. The minimum Gasteiger partial charge on any atom is -0.377 e. The van der Waals surface area contributed by atoms with Crippen LogP contribution in [-0.2, 0) is 11.2 Å². The van der Waals surface area contributed by atoms with E-state index in [9.17, 15) is 8.78 Å². The van der Waals surface area contributed by atoms with E-state index in [-0.39, 0.29) is 12.1 Å². The molecule has 0 aliphatic carbocycles. The van der Waals surface area contributed by atoms with Crippen molar-refractivity contribution >= 4 is 0 Å². The first-order valence-corrected chi connectivity index (χ1v) is 5.48. The van der Waals surface area contributed by atoms with Crippen LogP contribution in [0.5, 0.6) is 0 Å². The van der Waals surface area contributed by atoms with E-state index in [1.54, 1.807) is 6.07 Å². The Hall–Kier alpha value is -1.00. The molecule has 2 nitrogen and oxygen atoms in total. The zero-order valence-corrected chi connectivity index (χ0v) is 8.96. The van der Waals surface area contributed by atoms with Gasteiger partial charge in [0.1, 0.15) is 0 Å². The molecule has 0 aromatic heterocycles. The molecule has 1 aromatic rings. The maximum absolute atomic E-state index is 13.4. The van der Waals surface area contributed by atoms with Crippen LogP contribution < -0.4 is 5.73 Å². The molecule has 16 heavy (non-hydrogen) atoms. The fourth-order valence-electron chi connectivity index (χ4n) is 2.03. The third kappa shape index (κ3) is 2.39. The Morgan fingerprint density at radius 2 is 2.25 bits per heavy atom. The Bertz CT molecular complexity index is 364. The maximum Gasteiger partial charge on any atom is 0.162 e. The summed E-state index contributed by atoms with van der Waals surface area (Å²) in [6.45, 7) is 0.712. The largest absolute Gasteiger partial charge is 0.377 e. The normalized spacial score (nSPS) is 22.3. The lowest BCUT2D eigenvalue weighted by Gasteiger charge is -2.18. The van der Waals surface area contributed by atoms with Gasteiger partial charge in [-0.3, -0.25) is 0 Å². The quantitative estimate of drug-likeness (QED) is 0.857. The summed E-state index contributed by atoms with van der Waals surface area (Å²) in [6, 6.07) is 3.90. The van der Waals surface area contributed by atoms with Gasteiger partial charge in [-0.1, -0.05) is 12.1 Å². The Kier molecular flexibility index (Phi) is 3.51. The Morgan fingerprint density at radius 3 is 2.94 bits per heavy atom. The first-order chi connectivity index (χ1) is 7.68. The average molecular weight is 227 g/mol. The fourth-order valence-corrected chi connectivity index (χ4v) is 2.03. The SMILES string of the molecule is NC(Cc1cccc(F)c1F)C1CCCO1. The molecule has 88 valence electrons.